The summed E-state index contributed by atoms with van der Waals surface area (Å²) in [6.45, 7) is 6.89. The Hall–Kier alpha value is -4.53. The van der Waals surface area contributed by atoms with Crippen LogP contribution in [0.4, 0.5) is 0 Å². The molecule has 1 aliphatic heterocycles. The Morgan fingerprint density at radius 3 is 2.02 bits per heavy atom. The SMILES string of the molecule is CCOC(=O)CC1CCN(C(=O)c2cc(C(=O)OCC)ccc2OCCCc2ccc(OCCCCOc3ccccc3)cc2)CC1. The number of likely N-dealkylation sites (tertiary alicyclic amines) is 1. The van der Waals surface area contributed by atoms with E-state index in [1.807, 2.05) is 42.5 Å². The highest BCUT2D eigenvalue weighted by Gasteiger charge is 2.28. The van der Waals surface area contributed by atoms with Crippen LogP contribution in [-0.2, 0) is 20.7 Å². The van der Waals surface area contributed by atoms with E-state index in [2.05, 4.69) is 12.1 Å². The fourth-order valence-corrected chi connectivity index (χ4v) is 5.44. The number of amides is 1. The second-order valence-electron chi connectivity index (χ2n) is 11.5. The molecular weight excluding hydrogens is 598 g/mol. The number of para-hydroxylation sites is 1. The Labute approximate surface area is 278 Å². The number of hydrogen-bond acceptors (Lipinski definition) is 8. The Balaban J connectivity index is 1.23. The van der Waals surface area contributed by atoms with Gasteiger partial charge in [-0.3, -0.25) is 9.59 Å². The lowest BCUT2D eigenvalue weighted by Crippen LogP contribution is -2.39. The summed E-state index contributed by atoms with van der Waals surface area (Å²) in [4.78, 5) is 39.8. The molecule has 0 bridgehead atoms. The van der Waals surface area contributed by atoms with Crippen molar-refractivity contribution in [1.82, 2.24) is 4.90 Å². The van der Waals surface area contributed by atoms with E-state index < -0.39 is 5.97 Å². The summed E-state index contributed by atoms with van der Waals surface area (Å²) in [6.07, 6.45) is 5.16. The van der Waals surface area contributed by atoms with Crippen LogP contribution >= 0.6 is 0 Å². The molecule has 1 heterocycles. The molecule has 0 spiro atoms. The second-order valence-corrected chi connectivity index (χ2v) is 11.5. The van der Waals surface area contributed by atoms with Gasteiger partial charge in [-0.05, 0) is 106 Å². The van der Waals surface area contributed by atoms with Gasteiger partial charge in [-0.2, -0.15) is 0 Å². The highest BCUT2D eigenvalue weighted by atomic mass is 16.5. The summed E-state index contributed by atoms with van der Waals surface area (Å²) in [5, 5.41) is 0. The van der Waals surface area contributed by atoms with Crippen LogP contribution < -0.4 is 14.2 Å². The molecule has 1 fully saturated rings. The van der Waals surface area contributed by atoms with Gasteiger partial charge in [-0.15, -0.1) is 0 Å². The van der Waals surface area contributed by atoms with Gasteiger partial charge < -0.3 is 28.6 Å². The first-order valence-corrected chi connectivity index (χ1v) is 16.7. The van der Waals surface area contributed by atoms with Crippen LogP contribution in [0.5, 0.6) is 17.2 Å². The van der Waals surface area contributed by atoms with Crippen LogP contribution in [-0.4, -0.2) is 68.9 Å². The van der Waals surface area contributed by atoms with Crippen molar-refractivity contribution in [2.24, 2.45) is 5.92 Å². The van der Waals surface area contributed by atoms with Crippen LogP contribution in [0.1, 0.15) is 78.7 Å². The number of piperidine rings is 1. The molecule has 0 aromatic heterocycles. The minimum Gasteiger partial charge on any atom is -0.494 e. The molecule has 9 heteroatoms. The molecule has 1 aliphatic rings. The number of nitrogens with zero attached hydrogens (tertiary/aromatic N) is 1. The van der Waals surface area contributed by atoms with E-state index in [1.165, 1.54) is 0 Å². The van der Waals surface area contributed by atoms with Gasteiger partial charge in [0.05, 0.1) is 44.2 Å². The highest BCUT2D eigenvalue weighted by molar-refractivity contribution is 6.00. The zero-order chi connectivity index (χ0) is 33.3. The van der Waals surface area contributed by atoms with Crippen LogP contribution in [0.15, 0.2) is 72.8 Å². The third kappa shape index (κ3) is 11.6. The van der Waals surface area contributed by atoms with Crippen LogP contribution in [0, 0.1) is 5.92 Å². The fourth-order valence-electron chi connectivity index (χ4n) is 5.44. The lowest BCUT2D eigenvalue weighted by atomic mass is 9.93. The lowest BCUT2D eigenvalue weighted by Gasteiger charge is -2.32. The quantitative estimate of drug-likeness (QED) is 0.109. The molecule has 1 amide bonds. The van der Waals surface area contributed by atoms with E-state index in [9.17, 15) is 14.4 Å². The Morgan fingerprint density at radius 2 is 1.36 bits per heavy atom. The van der Waals surface area contributed by atoms with Crippen molar-refractivity contribution in [3.8, 4) is 17.2 Å². The van der Waals surface area contributed by atoms with Crippen LogP contribution in [0.3, 0.4) is 0 Å². The van der Waals surface area contributed by atoms with Gasteiger partial charge in [-0.1, -0.05) is 30.3 Å². The standard InChI is InChI=1S/C38H47NO8/c1-3-43-36(40)27-30-20-22-39(23-21-30)37(41)34-28-31(38(42)44-4-2)16-19-35(34)47-26-10-11-29-14-17-33(18-15-29)46-25-9-8-24-45-32-12-6-5-7-13-32/h5-7,12-19,28,30H,3-4,8-11,20-27H2,1-2H3. The number of benzene rings is 3. The topological polar surface area (TPSA) is 101 Å². The Bertz CT molecular complexity index is 1400. The molecule has 0 unspecified atom stereocenters. The number of carbonyl (C=O) groups is 3. The number of carbonyl (C=O) groups excluding carboxylic acids is 3. The van der Waals surface area contributed by atoms with Gasteiger partial charge in [0.25, 0.3) is 5.91 Å². The van der Waals surface area contributed by atoms with E-state index in [-0.39, 0.29) is 24.4 Å². The van der Waals surface area contributed by atoms with Gasteiger partial charge in [0.1, 0.15) is 17.2 Å². The van der Waals surface area contributed by atoms with Crippen molar-refractivity contribution in [3.05, 3.63) is 89.5 Å². The molecule has 252 valence electrons. The van der Waals surface area contributed by atoms with E-state index in [0.29, 0.717) is 75.7 Å². The first kappa shape index (κ1) is 35.3. The number of esters is 2. The van der Waals surface area contributed by atoms with Gasteiger partial charge in [0.2, 0.25) is 0 Å². The largest absolute Gasteiger partial charge is 0.494 e. The third-order valence-corrected chi connectivity index (χ3v) is 7.99. The molecule has 0 aliphatic carbocycles. The van der Waals surface area contributed by atoms with Crippen molar-refractivity contribution >= 4 is 17.8 Å². The van der Waals surface area contributed by atoms with Crippen molar-refractivity contribution in [1.29, 1.82) is 0 Å². The molecule has 47 heavy (non-hydrogen) atoms. The van der Waals surface area contributed by atoms with Crippen molar-refractivity contribution in [2.45, 2.75) is 58.8 Å². The molecular formula is C38H47NO8. The summed E-state index contributed by atoms with van der Waals surface area (Å²) < 4.78 is 28.0. The molecule has 3 aromatic rings. The summed E-state index contributed by atoms with van der Waals surface area (Å²) in [6, 6.07) is 22.8. The average Bonchev–Trinajstić information content (AvgIpc) is 3.09. The monoisotopic (exact) mass is 645 g/mol. The van der Waals surface area contributed by atoms with Gasteiger partial charge in [0.15, 0.2) is 0 Å². The van der Waals surface area contributed by atoms with E-state index in [0.717, 1.165) is 42.7 Å². The van der Waals surface area contributed by atoms with E-state index >= 15 is 0 Å². The number of rotatable bonds is 18. The van der Waals surface area contributed by atoms with Gasteiger partial charge in [-0.25, -0.2) is 4.79 Å². The maximum atomic E-state index is 13.6. The molecule has 4 rings (SSSR count). The van der Waals surface area contributed by atoms with Crippen LogP contribution in [0.2, 0.25) is 0 Å². The zero-order valence-corrected chi connectivity index (χ0v) is 27.6. The molecule has 0 saturated carbocycles. The van der Waals surface area contributed by atoms with Crippen LogP contribution in [0.25, 0.3) is 0 Å². The first-order chi connectivity index (χ1) is 23.0. The molecule has 9 nitrogen and oxygen atoms in total. The lowest BCUT2D eigenvalue weighted by molar-refractivity contribution is -0.144. The smallest absolute Gasteiger partial charge is 0.338 e. The first-order valence-electron chi connectivity index (χ1n) is 16.7. The Kier molecular flexibility index (Phi) is 14.4. The summed E-state index contributed by atoms with van der Waals surface area (Å²) >= 11 is 0. The molecule has 0 N–H and O–H groups in total. The van der Waals surface area contributed by atoms with E-state index in [1.54, 1.807) is 36.9 Å². The highest BCUT2D eigenvalue weighted by Crippen LogP contribution is 2.27. The second kappa shape index (κ2) is 19.2. The number of hydrogen-bond donors (Lipinski definition) is 0. The summed E-state index contributed by atoms with van der Waals surface area (Å²) in [5.74, 6) is 1.47. The molecule has 1 saturated heterocycles. The van der Waals surface area contributed by atoms with Crippen molar-refractivity contribution in [3.63, 3.8) is 0 Å². The normalized spacial score (nSPS) is 13.1. The van der Waals surface area contributed by atoms with Crippen molar-refractivity contribution in [2.75, 3.05) is 46.1 Å². The zero-order valence-electron chi connectivity index (χ0n) is 27.6. The molecule has 3 aromatic carbocycles. The number of unbranched alkanes of at least 4 members (excludes halogenated alkanes) is 1. The maximum absolute atomic E-state index is 13.6. The summed E-state index contributed by atoms with van der Waals surface area (Å²) in [5.41, 5.74) is 1.81. The molecule has 0 atom stereocenters. The number of ether oxygens (including phenoxy) is 5. The number of aryl methyl sites for hydroxylation is 1. The fraction of sp³-hybridized carbons (Fsp3) is 0.447. The summed E-state index contributed by atoms with van der Waals surface area (Å²) in [7, 11) is 0. The minimum absolute atomic E-state index is 0.186. The van der Waals surface area contributed by atoms with Gasteiger partial charge >= 0.3 is 11.9 Å². The third-order valence-electron chi connectivity index (χ3n) is 7.99. The minimum atomic E-state index is -0.481. The average molecular weight is 646 g/mol. The maximum Gasteiger partial charge on any atom is 0.338 e. The van der Waals surface area contributed by atoms with Crippen molar-refractivity contribution < 1.29 is 38.1 Å². The molecule has 0 radical (unpaired) electrons. The predicted molar refractivity (Wildman–Crippen MR) is 179 cm³/mol. The Morgan fingerprint density at radius 1 is 0.723 bits per heavy atom. The van der Waals surface area contributed by atoms with E-state index in [4.69, 9.17) is 23.7 Å². The van der Waals surface area contributed by atoms with Gasteiger partial charge in [0, 0.05) is 19.5 Å². The predicted octanol–water partition coefficient (Wildman–Crippen LogP) is 6.92.